The van der Waals surface area contributed by atoms with E-state index >= 15 is 0 Å². The molecule has 0 aliphatic rings. The summed E-state index contributed by atoms with van der Waals surface area (Å²) in [7, 11) is -0.629. The predicted molar refractivity (Wildman–Crippen MR) is 103 cm³/mol. The van der Waals surface area contributed by atoms with Crippen LogP contribution >= 0.6 is 0 Å². The molecular formula is C19H24N2O5S. The van der Waals surface area contributed by atoms with Crippen molar-refractivity contribution < 1.29 is 22.7 Å². The van der Waals surface area contributed by atoms with Gasteiger partial charge in [0.05, 0.1) is 19.1 Å². The molecule has 2 rings (SSSR count). The van der Waals surface area contributed by atoms with Crippen molar-refractivity contribution in [3.63, 3.8) is 0 Å². The first kappa shape index (κ1) is 20.7. The maximum atomic E-state index is 12.3. The third kappa shape index (κ3) is 5.45. The second-order valence-electron chi connectivity index (χ2n) is 6.00. The first-order valence-corrected chi connectivity index (χ1v) is 9.83. The average molecular weight is 392 g/mol. The molecule has 2 aromatic rings. The fourth-order valence-corrected chi connectivity index (χ4v) is 3.48. The smallest absolute Gasteiger partial charge is 0.251 e. The lowest BCUT2D eigenvalue weighted by Crippen LogP contribution is -2.34. The zero-order valence-corrected chi connectivity index (χ0v) is 16.6. The largest absolute Gasteiger partial charge is 0.497 e. The number of hydrogen-bond acceptors (Lipinski definition) is 5. The minimum absolute atomic E-state index is 0.0715. The van der Waals surface area contributed by atoms with Crippen LogP contribution in [-0.2, 0) is 10.0 Å². The van der Waals surface area contributed by atoms with Crippen LogP contribution in [0.2, 0.25) is 0 Å². The summed E-state index contributed by atoms with van der Waals surface area (Å²) < 4.78 is 37.4. The molecule has 146 valence electrons. The molecule has 2 aromatic carbocycles. The first-order chi connectivity index (χ1) is 12.8. The summed E-state index contributed by atoms with van der Waals surface area (Å²) in [5.74, 6) is 0.641. The summed E-state index contributed by atoms with van der Waals surface area (Å²) in [5, 5.41) is 2.67. The zero-order valence-electron chi connectivity index (χ0n) is 15.8. The molecule has 7 nitrogen and oxygen atoms in total. The number of carbonyl (C=O) groups is 1. The molecule has 8 heteroatoms. The molecule has 0 radical (unpaired) electrons. The quantitative estimate of drug-likeness (QED) is 0.671. The third-order valence-corrected chi connectivity index (χ3v) is 5.56. The lowest BCUT2D eigenvalue weighted by Gasteiger charge is -2.11. The van der Waals surface area contributed by atoms with Crippen LogP contribution in [-0.4, -0.2) is 41.6 Å². The maximum Gasteiger partial charge on any atom is 0.251 e. The third-order valence-electron chi connectivity index (χ3n) is 4.10. The second kappa shape index (κ2) is 8.88. The minimum Gasteiger partial charge on any atom is -0.497 e. The highest BCUT2D eigenvalue weighted by Crippen LogP contribution is 2.22. The van der Waals surface area contributed by atoms with Gasteiger partial charge in [-0.2, -0.15) is 0 Å². The van der Waals surface area contributed by atoms with E-state index in [1.807, 2.05) is 13.8 Å². The van der Waals surface area contributed by atoms with E-state index in [1.165, 1.54) is 14.2 Å². The predicted octanol–water partition coefficient (Wildman–Crippen LogP) is 2.03. The number of benzene rings is 2. The van der Waals surface area contributed by atoms with Crippen molar-refractivity contribution in [2.75, 3.05) is 27.3 Å². The van der Waals surface area contributed by atoms with Gasteiger partial charge in [-0.05, 0) is 49.2 Å². The molecule has 0 bridgehead atoms. The van der Waals surface area contributed by atoms with E-state index in [2.05, 4.69) is 10.0 Å². The number of carbonyl (C=O) groups excluding carboxylic acids is 1. The van der Waals surface area contributed by atoms with E-state index in [0.717, 1.165) is 11.1 Å². The highest BCUT2D eigenvalue weighted by molar-refractivity contribution is 7.89. The fourth-order valence-electron chi connectivity index (χ4n) is 2.37. The number of ether oxygens (including phenoxy) is 2. The minimum atomic E-state index is -3.62. The van der Waals surface area contributed by atoms with Crippen molar-refractivity contribution in [1.29, 1.82) is 0 Å². The molecule has 1 amide bonds. The molecule has 0 saturated heterocycles. The van der Waals surface area contributed by atoms with Crippen molar-refractivity contribution in [2.24, 2.45) is 0 Å². The number of methoxy groups -OCH3 is 2. The molecule has 27 heavy (non-hydrogen) atoms. The molecule has 0 heterocycles. The van der Waals surface area contributed by atoms with Crippen LogP contribution in [0.5, 0.6) is 11.5 Å². The Labute approximate surface area is 159 Å². The highest BCUT2D eigenvalue weighted by atomic mass is 32.2. The summed E-state index contributed by atoms with van der Waals surface area (Å²) in [6, 6.07) is 9.77. The van der Waals surface area contributed by atoms with E-state index in [-0.39, 0.29) is 23.9 Å². The van der Waals surface area contributed by atoms with Gasteiger partial charge in [0.15, 0.2) is 0 Å². The van der Waals surface area contributed by atoms with E-state index in [9.17, 15) is 13.2 Å². The standard InChI is InChI=1S/C19H24N2O5S/c1-13-5-6-18(9-14(13)2)27(23,24)21-8-7-20-19(22)15-10-16(25-3)12-17(11-15)26-4/h5-6,9-12,21H,7-8H2,1-4H3,(H,20,22). The van der Waals surface area contributed by atoms with Crippen LogP contribution < -0.4 is 19.5 Å². The Morgan fingerprint density at radius 2 is 1.56 bits per heavy atom. The van der Waals surface area contributed by atoms with Crippen molar-refractivity contribution in [1.82, 2.24) is 10.0 Å². The molecule has 2 N–H and O–H groups in total. The summed E-state index contributed by atoms with van der Waals surface area (Å²) >= 11 is 0. The van der Waals surface area contributed by atoms with Gasteiger partial charge < -0.3 is 14.8 Å². The van der Waals surface area contributed by atoms with Gasteiger partial charge in [-0.1, -0.05) is 6.07 Å². The lowest BCUT2D eigenvalue weighted by molar-refractivity contribution is 0.0953. The van der Waals surface area contributed by atoms with Crippen molar-refractivity contribution in [3.8, 4) is 11.5 Å². The Bertz CT molecular complexity index is 903. The van der Waals surface area contributed by atoms with Crippen LogP contribution in [0.3, 0.4) is 0 Å². The second-order valence-corrected chi connectivity index (χ2v) is 7.77. The Morgan fingerprint density at radius 3 is 2.11 bits per heavy atom. The van der Waals surface area contributed by atoms with Crippen LogP contribution in [0.25, 0.3) is 0 Å². The van der Waals surface area contributed by atoms with Gasteiger partial charge in [0.1, 0.15) is 11.5 Å². The van der Waals surface area contributed by atoms with Crippen molar-refractivity contribution in [2.45, 2.75) is 18.7 Å². The van der Waals surface area contributed by atoms with Crippen LogP contribution in [0.4, 0.5) is 0 Å². The first-order valence-electron chi connectivity index (χ1n) is 8.35. The highest BCUT2D eigenvalue weighted by Gasteiger charge is 2.15. The van der Waals surface area contributed by atoms with Gasteiger partial charge in [-0.15, -0.1) is 0 Å². The molecule has 0 aliphatic heterocycles. The van der Waals surface area contributed by atoms with E-state index in [4.69, 9.17) is 9.47 Å². The molecule has 0 aliphatic carbocycles. The number of hydrogen-bond donors (Lipinski definition) is 2. The molecular weight excluding hydrogens is 368 g/mol. The summed E-state index contributed by atoms with van der Waals surface area (Å²) in [4.78, 5) is 12.5. The van der Waals surface area contributed by atoms with Gasteiger partial charge in [0.2, 0.25) is 10.0 Å². The van der Waals surface area contributed by atoms with Crippen molar-refractivity contribution in [3.05, 3.63) is 53.1 Å². The molecule has 0 fully saturated rings. The molecule has 0 spiro atoms. The number of sulfonamides is 1. The number of aryl methyl sites for hydroxylation is 2. The Hall–Kier alpha value is -2.58. The Balaban J connectivity index is 1.94. The van der Waals surface area contributed by atoms with Crippen LogP contribution in [0.1, 0.15) is 21.5 Å². The Kier molecular flexibility index (Phi) is 6.81. The van der Waals surface area contributed by atoms with Crippen molar-refractivity contribution >= 4 is 15.9 Å². The Morgan fingerprint density at radius 1 is 0.926 bits per heavy atom. The fraction of sp³-hybridized carbons (Fsp3) is 0.316. The van der Waals surface area contributed by atoms with Crippen LogP contribution in [0, 0.1) is 13.8 Å². The SMILES string of the molecule is COc1cc(OC)cc(C(=O)NCCNS(=O)(=O)c2ccc(C)c(C)c2)c1. The van der Waals surface area contributed by atoms with E-state index in [1.54, 1.807) is 36.4 Å². The number of amides is 1. The molecule has 0 saturated carbocycles. The number of nitrogens with one attached hydrogen (secondary N) is 2. The summed E-state index contributed by atoms with van der Waals surface area (Å²) in [6.07, 6.45) is 0. The maximum absolute atomic E-state index is 12.3. The van der Waals surface area contributed by atoms with E-state index < -0.39 is 10.0 Å². The average Bonchev–Trinajstić information content (AvgIpc) is 2.66. The van der Waals surface area contributed by atoms with Gasteiger partial charge in [-0.25, -0.2) is 13.1 Å². The summed E-state index contributed by atoms with van der Waals surface area (Å²) in [6.45, 7) is 3.99. The monoisotopic (exact) mass is 392 g/mol. The van der Waals surface area contributed by atoms with Gasteiger partial charge in [-0.3, -0.25) is 4.79 Å². The molecule has 0 atom stereocenters. The normalized spacial score (nSPS) is 11.1. The molecule has 0 aromatic heterocycles. The summed E-state index contributed by atoms with van der Waals surface area (Å²) in [5.41, 5.74) is 2.29. The zero-order chi connectivity index (χ0) is 20.0. The van der Waals surface area contributed by atoms with Gasteiger partial charge in [0.25, 0.3) is 5.91 Å². The van der Waals surface area contributed by atoms with Gasteiger partial charge in [0, 0.05) is 24.7 Å². The van der Waals surface area contributed by atoms with E-state index in [0.29, 0.717) is 17.1 Å². The topological polar surface area (TPSA) is 93.7 Å². The van der Waals surface area contributed by atoms with Gasteiger partial charge >= 0.3 is 0 Å². The molecule has 0 unspecified atom stereocenters. The van der Waals surface area contributed by atoms with Crippen LogP contribution in [0.15, 0.2) is 41.3 Å². The number of rotatable bonds is 8. The lowest BCUT2D eigenvalue weighted by atomic mass is 10.1.